The van der Waals surface area contributed by atoms with E-state index in [9.17, 15) is 0 Å². The lowest BCUT2D eigenvalue weighted by atomic mass is 9.90. The Bertz CT molecular complexity index is 451. The minimum absolute atomic E-state index is 0.452. The van der Waals surface area contributed by atoms with E-state index in [4.69, 9.17) is 10.5 Å². The van der Waals surface area contributed by atoms with Crippen molar-refractivity contribution in [3.05, 3.63) is 17.6 Å². The zero-order valence-electron chi connectivity index (χ0n) is 11.7. The van der Waals surface area contributed by atoms with Gasteiger partial charge in [0.1, 0.15) is 11.6 Å². The molecule has 104 valence electrons. The molecule has 0 saturated carbocycles. The normalized spacial score (nSPS) is 30.7. The maximum absolute atomic E-state index is 5.89. The van der Waals surface area contributed by atoms with E-state index < -0.39 is 0 Å². The molecule has 1 aromatic rings. The predicted molar refractivity (Wildman–Crippen MR) is 73.7 cm³/mol. The molecule has 2 unspecified atom stereocenters. The highest BCUT2D eigenvalue weighted by Crippen LogP contribution is 2.41. The molecular weight excluding hydrogens is 240 g/mol. The number of fused-ring (bicyclic) bond motifs is 2. The van der Waals surface area contributed by atoms with Gasteiger partial charge in [0, 0.05) is 31.2 Å². The topological polar surface area (TPSA) is 64.3 Å². The number of aromatic nitrogens is 2. The van der Waals surface area contributed by atoms with Crippen molar-refractivity contribution in [3.8, 4) is 0 Å². The molecule has 2 N–H and O–H groups in total. The zero-order valence-corrected chi connectivity index (χ0v) is 11.7. The van der Waals surface area contributed by atoms with Gasteiger partial charge in [-0.1, -0.05) is 0 Å². The second-order valence-corrected chi connectivity index (χ2v) is 5.79. The minimum atomic E-state index is 0.452. The largest absolute Gasteiger partial charge is 0.384 e. The molecule has 0 spiro atoms. The number of hydrogen-bond donors (Lipinski definition) is 1. The van der Waals surface area contributed by atoms with E-state index in [-0.39, 0.29) is 0 Å². The third-order valence-corrected chi connectivity index (χ3v) is 4.57. The molecule has 1 aromatic heterocycles. The average Bonchev–Trinajstić information content (AvgIpc) is 2.62. The van der Waals surface area contributed by atoms with Crippen LogP contribution in [-0.4, -0.2) is 41.1 Å². The standard InChI is InChI=1S/C14H22N4O/c1-18-11-3-4-12(18)6-9(5-11)14-16-10(8-19-2)7-13(15)17-14/h7,9,11-12H,3-6,8H2,1-2H3,(H2,15,16,17). The molecule has 5 nitrogen and oxygen atoms in total. The molecule has 0 radical (unpaired) electrons. The number of hydrogen-bond acceptors (Lipinski definition) is 5. The van der Waals surface area contributed by atoms with Gasteiger partial charge < -0.3 is 15.4 Å². The van der Waals surface area contributed by atoms with Gasteiger partial charge in [-0.05, 0) is 32.7 Å². The summed E-state index contributed by atoms with van der Waals surface area (Å²) in [6, 6.07) is 3.19. The van der Waals surface area contributed by atoms with Crippen LogP contribution in [0.5, 0.6) is 0 Å². The third kappa shape index (κ3) is 2.44. The molecule has 3 heterocycles. The van der Waals surface area contributed by atoms with Crippen LogP contribution in [0.1, 0.15) is 43.1 Å². The molecule has 2 fully saturated rings. The third-order valence-electron chi connectivity index (χ3n) is 4.57. The lowest BCUT2D eigenvalue weighted by Gasteiger charge is -2.35. The van der Waals surface area contributed by atoms with E-state index in [1.807, 2.05) is 0 Å². The fraction of sp³-hybridized carbons (Fsp3) is 0.714. The Morgan fingerprint density at radius 3 is 2.63 bits per heavy atom. The lowest BCUT2D eigenvalue weighted by molar-refractivity contribution is 0.157. The van der Waals surface area contributed by atoms with E-state index in [1.54, 1.807) is 13.2 Å². The van der Waals surface area contributed by atoms with Crippen molar-refractivity contribution in [3.63, 3.8) is 0 Å². The number of nitrogen functional groups attached to an aromatic ring is 1. The first-order chi connectivity index (χ1) is 9.17. The highest BCUT2D eigenvalue weighted by molar-refractivity contribution is 5.30. The van der Waals surface area contributed by atoms with Crippen molar-refractivity contribution < 1.29 is 4.74 Å². The van der Waals surface area contributed by atoms with Gasteiger partial charge in [0.15, 0.2) is 0 Å². The second kappa shape index (κ2) is 5.06. The maximum Gasteiger partial charge on any atom is 0.134 e. The van der Waals surface area contributed by atoms with Crippen molar-refractivity contribution in [2.75, 3.05) is 19.9 Å². The van der Waals surface area contributed by atoms with Crippen molar-refractivity contribution in [1.82, 2.24) is 14.9 Å². The summed E-state index contributed by atoms with van der Waals surface area (Å²) in [6.07, 6.45) is 4.93. The van der Waals surface area contributed by atoms with Crippen LogP contribution < -0.4 is 5.73 Å². The van der Waals surface area contributed by atoms with Crippen LogP contribution in [0.15, 0.2) is 6.07 Å². The van der Waals surface area contributed by atoms with Gasteiger partial charge >= 0.3 is 0 Å². The molecule has 2 aliphatic rings. The number of nitrogens with zero attached hydrogens (tertiary/aromatic N) is 3. The molecule has 19 heavy (non-hydrogen) atoms. The molecule has 0 aromatic carbocycles. The Morgan fingerprint density at radius 2 is 2.00 bits per heavy atom. The monoisotopic (exact) mass is 262 g/mol. The van der Waals surface area contributed by atoms with Crippen molar-refractivity contribution in [2.45, 2.75) is 50.3 Å². The number of rotatable bonds is 3. The van der Waals surface area contributed by atoms with E-state index in [1.165, 1.54) is 12.8 Å². The molecule has 2 bridgehead atoms. The summed E-state index contributed by atoms with van der Waals surface area (Å²) in [6.45, 7) is 0.499. The van der Waals surface area contributed by atoms with Crippen molar-refractivity contribution in [1.29, 1.82) is 0 Å². The van der Waals surface area contributed by atoms with E-state index >= 15 is 0 Å². The van der Waals surface area contributed by atoms with Gasteiger partial charge in [-0.2, -0.15) is 0 Å². The summed E-state index contributed by atoms with van der Waals surface area (Å²) in [7, 11) is 3.92. The number of anilines is 1. The molecule has 2 aliphatic heterocycles. The van der Waals surface area contributed by atoms with Crippen molar-refractivity contribution >= 4 is 5.82 Å². The first-order valence-electron chi connectivity index (χ1n) is 7.01. The summed E-state index contributed by atoms with van der Waals surface area (Å²) >= 11 is 0. The summed E-state index contributed by atoms with van der Waals surface area (Å²) in [4.78, 5) is 11.6. The molecule has 5 heteroatoms. The van der Waals surface area contributed by atoms with Crippen molar-refractivity contribution in [2.24, 2.45) is 0 Å². The van der Waals surface area contributed by atoms with Crippen LogP contribution in [0, 0.1) is 0 Å². The van der Waals surface area contributed by atoms with Crippen LogP contribution in [0.4, 0.5) is 5.82 Å². The SMILES string of the molecule is COCc1cc(N)nc(C2CC3CCC(C2)N3C)n1. The lowest BCUT2D eigenvalue weighted by Crippen LogP contribution is -2.39. The summed E-state index contributed by atoms with van der Waals surface area (Å²) in [5.41, 5.74) is 6.78. The van der Waals surface area contributed by atoms with Gasteiger partial charge in [0.05, 0.1) is 12.3 Å². The Balaban J connectivity index is 1.82. The smallest absolute Gasteiger partial charge is 0.134 e. The predicted octanol–water partition coefficient (Wildman–Crippen LogP) is 1.55. The number of nitrogens with two attached hydrogens (primary N) is 1. The number of piperidine rings is 1. The van der Waals surface area contributed by atoms with Gasteiger partial charge in [0.25, 0.3) is 0 Å². The highest BCUT2D eigenvalue weighted by Gasteiger charge is 2.39. The highest BCUT2D eigenvalue weighted by atomic mass is 16.5. The summed E-state index contributed by atoms with van der Waals surface area (Å²) < 4.78 is 5.14. The van der Waals surface area contributed by atoms with E-state index in [0.29, 0.717) is 30.4 Å². The molecule has 0 aliphatic carbocycles. The number of ether oxygens (including phenoxy) is 1. The minimum Gasteiger partial charge on any atom is -0.384 e. The summed E-state index contributed by atoms with van der Waals surface area (Å²) in [5, 5.41) is 0. The molecular formula is C14H22N4O. The second-order valence-electron chi connectivity index (χ2n) is 5.79. The van der Waals surface area contributed by atoms with Gasteiger partial charge in [0.2, 0.25) is 0 Å². The van der Waals surface area contributed by atoms with E-state index in [0.717, 1.165) is 24.4 Å². The quantitative estimate of drug-likeness (QED) is 0.895. The van der Waals surface area contributed by atoms with Crippen LogP contribution in [-0.2, 0) is 11.3 Å². The van der Waals surface area contributed by atoms with E-state index in [2.05, 4.69) is 21.9 Å². The first kappa shape index (κ1) is 12.8. The molecule has 2 atom stereocenters. The Kier molecular flexibility index (Phi) is 3.41. The Hall–Kier alpha value is -1.20. The fourth-order valence-corrected chi connectivity index (χ4v) is 3.57. The maximum atomic E-state index is 5.89. The molecule has 3 rings (SSSR count). The Labute approximate surface area is 114 Å². The van der Waals surface area contributed by atoms with Gasteiger partial charge in [-0.25, -0.2) is 9.97 Å². The molecule has 2 saturated heterocycles. The van der Waals surface area contributed by atoms with Gasteiger partial charge in [-0.3, -0.25) is 0 Å². The summed E-state index contributed by atoms with van der Waals surface area (Å²) in [5.74, 6) is 1.92. The first-order valence-corrected chi connectivity index (χ1v) is 7.01. The van der Waals surface area contributed by atoms with Crippen LogP contribution in [0.25, 0.3) is 0 Å². The van der Waals surface area contributed by atoms with Crippen LogP contribution in [0.3, 0.4) is 0 Å². The number of methoxy groups -OCH3 is 1. The van der Waals surface area contributed by atoms with Crippen LogP contribution in [0.2, 0.25) is 0 Å². The molecule has 0 amide bonds. The van der Waals surface area contributed by atoms with Crippen LogP contribution >= 0.6 is 0 Å². The Morgan fingerprint density at radius 1 is 1.32 bits per heavy atom. The zero-order chi connectivity index (χ0) is 13.4. The van der Waals surface area contributed by atoms with Gasteiger partial charge in [-0.15, -0.1) is 0 Å². The average molecular weight is 262 g/mol. The fourth-order valence-electron chi connectivity index (χ4n) is 3.57.